The van der Waals surface area contributed by atoms with E-state index in [2.05, 4.69) is 15.3 Å². The summed E-state index contributed by atoms with van der Waals surface area (Å²) in [5, 5.41) is 3.04. The Labute approximate surface area is 101 Å². The van der Waals surface area contributed by atoms with Crippen LogP contribution in [0.25, 0.3) is 0 Å². The number of carbonyl (C=O) groups excluding carboxylic acids is 1. The molecular weight excluding hydrogens is 216 g/mol. The third kappa shape index (κ3) is 2.85. The van der Waals surface area contributed by atoms with Crippen molar-refractivity contribution in [1.29, 1.82) is 0 Å². The van der Waals surface area contributed by atoms with Crippen molar-refractivity contribution < 1.29 is 4.79 Å². The van der Waals surface area contributed by atoms with E-state index in [0.29, 0.717) is 0 Å². The van der Waals surface area contributed by atoms with E-state index in [4.69, 9.17) is 5.73 Å². The predicted octanol–water partition coefficient (Wildman–Crippen LogP) is 1.10. The number of hydrogen-bond acceptors (Lipinski definition) is 3. The molecule has 5 nitrogen and oxygen atoms in total. The molecule has 1 aromatic heterocycles. The van der Waals surface area contributed by atoms with Gasteiger partial charge >= 0.3 is 0 Å². The highest BCUT2D eigenvalue weighted by molar-refractivity contribution is 5.79. The maximum Gasteiger partial charge on any atom is 0.223 e. The van der Waals surface area contributed by atoms with Gasteiger partial charge in [0.05, 0.1) is 6.04 Å². The molecule has 1 fully saturated rings. The predicted molar refractivity (Wildman–Crippen MR) is 65.1 cm³/mol. The van der Waals surface area contributed by atoms with Crippen molar-refractivity contribution in [2.75, 3.05) is 0 Å². The third-order valence-electron chi connectivity index (χ3n) is 3.42. The van der Waals surface area contributed by atoms with Crippen LogP contribution < -0.4 is 11.1 Å². The summed E-state index contributed by atoms with van der Waals surface area (Å²) < 4.78 is 0. The fourth-order valence-corrected chi connectivity index (χ4v) is 2.38. The van der Waals surface area contributed by atoms with E-state index in [1.807, 2.05) is 6.92 Å². The lowest BCUT2D eigenvalue weighted by Crippen LogP contribution is -2.34. The molecule has 1 heterocycles. The molecule has 1 aliphatic carbocycles. The molecule has 1 saturated carbocycles. The molecule has 0 saturated heterocycles. The van der Waals surface area contributed by atoms with Crippen molar-refractivity contribution in [3.05, 3.63) is 18.2 Å². The van der Waals surface area contributed by atoms with E-state index < -0.39 is 0 Å². The van der Waals surface area contributed by atoms with Gasteiger partial charge in [0.1, 0.15) is 5.82 Å². The molecule has 0 bridgehead atoms. The number of aromatic nitrogens is 2. The minimum atomic E-state index is -0.0191. The lowest BCUT2D eigenvalue weighted by Gasteiger charge is -2.17. The summed E-state index contributed by atoms with van der Waals surface area (Å²) in [7, 11) is 0. The normalized spacial score (nSPS) is 25.8. The van der Waals surface area contributed by atoms with Crippen LogP contribution in [0.2, 0.25) is 0 Å². The second kappa shape index (κ2) is 5.31. The summed E-state index contributed by atoms with van der Waals surface area (Å²) >= 11 is 0. The summed E-state index contributed by atoms with van der Waals surface area (Å²) in [4.78, 5) is 19.3. The van der Waals surface area contributed by atoms with E-state index in [9.17, 15) is 4.79 Å². The summed E-state index contributed by atoms with van der Waals surface area (Å²) in [6.07, 6.45) is 6.97. The number of nitrogens with zero attached hydrogens (tertiary/aromatic N) is 1. The largest absolute Gasteiger partial charge is 0.347 e. The number of carbonyl (C=O) groups is 1. The number of imidazole rings is 1. The van der Waals surface area contributed by atoms with Crippen molar-refractivity contribution in [3.8, 4) is 0 Å². The molecule has 0 radical (unpaired) electrons. The maximum absolute atomic E-state index is 12.0. The fraction of sp³-hybridized carbons (Fsp3) is 0.667. The highest BCUT2D eigenvalue weighted by atomic mass is 16.2. The summed E-state index contributed by atoms with van der Waals surface area (Å²) in [5.41, 5.74) is 5.82. The molecule has 3 atom stereocenters. The molecular formula is C12H20N4O. The van der Waals surface area contributed by atoms with Gasteiger partial charge < -0.3 is 16.0 Å². The van der Waals surface area contributed by atoms with Crippen molar-refractivity contribution in [2.24, 2.45) is 11.7 Å². The van der Waals surface area contributed by atoms with E-state index in [1.54, 1.807) is 12.4 Å². The van der Waals surface area contributed by atoms with Gasteiger partial charge in [0, 0.05) is 24.4 Å². The van der Waals surface area contributed by atoms with Crippen LogP contribution in [0.15, 0.2) is 12.4 Å². The molecule has 0 spiro atoms. The van der Waals surface area contributed by atoms with E-state index >= 15 is 0 Å². The fourth-order valence-electron chi connectivity index (χ4n) is 2.38. The van der Waals surface area contributed by atoms with Crippen LogP contribution in [0.4, 0.5) is 0 Å². The van der Waals surface area contributed by atoms with Crippen molar-refractivity contribution in [3.63, 3.8) is 0 Å². The van der Waals surface area contributed by atoms with E-state index in [0.717, 1.165) is 31.5 Å². The molecule has 1 aromatic rings. The zero-order chi connectivity index (χ0) is 12.3. The number of nitrogens with two attached hydrogens (primary N) is 1. The molecule has 0 aromatic carbocycles. The Kier molecular flexibility index (Phi) is 3.78. The van der Waals surface area contributed by atoms with Gasteiger partial charge in [-0.15, -0.1) is 0 Å². The summed E-state index contributed by atoms with van der Waals surface area (Å²) in [6.45, 7) is 2.04. The number of rotatable bonds is 4. The Morgan fingerprint density at radius 3 is 3.06 bits per heavy atom. The molecule has 94 valence electrons. The molecule has 2 rings (SSSR count). The monoisotopic (exact) mass is 236 g/mol. The number of aromatic amines is 1. The molecule has 17 heavy (non-hydrogen) atoms. The van der Waals surface area contributed by atoms with Crippen molar-refractivity contribution >= 4 is 5.91 Å². The van der Waals surface area contributed by atoms with Crippen LogP contribution in [0.1, 0.15) is 44.5 Å². The molecule has 1 aliphatic rings. The van der Waals surface area contributed by atoms with Gasteiger partial charge in [0.15, 0.2) is 0 Å². The lowest BCUT2D eigenvalue weighted by atomic mass is 10.1. The van der Waals surface area contributed by atoms with Crippen molar-refractivity contribution in [1.82, 2.24) is 15.3 Å². The van der Waals surface area contributed by atoms with Gasteiger partial charge in [-0.25, -0.2) is 4.98 Å². The molecule has 5 heteroatoms. The lowest BCUT2D eigenvalue weighted by molar-refractivity contribution is -0.125. The van der Waals surface area contributed by atoms with E-state index in [1.165, 1.54) is 0 Å². The average Bonchev–Trinajstić information content (AvgIpc) is 2.96. The standard InChI is InChI=1S/C12H20N4O/c1-2-10(11-14-5-6-15-11)16-12(17)8-3-4-9(13)7-8/h5-6,8-10H,2-4,7,13H2,1H3,(H,14,15)(H,16,17). The second-order valence-electron chi connectivity index (χ2n) is 4.71. The number of amides is 1. The first kappa shape index (κ1) is 12.1. The van der Waals surface area contributed by atoms with Gasteiger partial charge in [-0.3, -0.25) is 4.79 Å². The van der Waals surface area contributed by atoms with Crippen LogP contribution >= 0.6 is 0 Å². The second-order valence-corrected chi connectivity index (χ2v) is 4.71. The van der Waals surface area contributed by atoms with Crippen LogP contribution in [0, 0.1) is 5.92 Å². The number of hydrogen-bond donors (Lipinski definition) is 3. The zero-order valence-corrected chi connectivity index (χ0v) is 10.1. The Bertz CT molecular complexity index is 363. The molecule has 3 unspecified atom stereocenters. The quantitative estimate of drug-likeness (QED) is 0.732. The minimum Gasteiger partial charge on any atom is -0.347 e. The third-order valence-corrected chi connectivity index (χ3v) is 3.42. The van der Waals surface area contributed by atoms with Crippen LogP contribution in [-0.4, -0.2) is 21.9 Å². The Balaban J connectivity index is 1.93. The highest BCUT2D eigenvalue weighted by Gasteiger charge is 2.29. The maximum atomic E-state index is 12.0. The van der Waals surface area contributed by atoms with Crippen LogP contribution in [0.3, 0.4) is 0 Å². The first-order valence-electron chi connectivity index (χ1n) is 6.26. The topological polar surface area (TPSA) is 83.8 Å². The van der Waals surface area contributed by atoms with E-state index in [-0.39, 0.29) is 23.9 Å². The number of H-pyrrole nitrogens is 1. The first-order chi connectivity index (χ1) is 8.20. The smallest absolute Gasteiger partial charge is 0.223 e. The van der Waals surface area contributed by atoms with Gasteiger partial charge in [0.2, 0.25) is 5.91 Å². The van der Waals surface area contributed by atoms with Crippen LogP contribution in [-0.2, 0) is 4.79 Å². The Hall–Kier alpha value is -1.36. The first-order valence-corrected chi connectivity index (χ1v) is 6.26. The minimum absolute atomic E-state index is 0.0191. The average molecular weight is 236 g/mol. The van der Waals surface area contributed by atoms with Crippen LogP contribution in [0.5, 0.6) is 0 Å². The van der Waals surface area contributed by atoms with Gasteiger partial charge in [-0.1, -0.05) is 6.92 Å². The molecule has 1 amide bonds. The Morgan fingerprint density at radius 2 is 2.53 bits per heavy atom. The zero-order valence-electron chi connectivity index (χ0n) is 10.1. The SMILES string of the molecule is CCC(NC(=O)C1CCC(N)C1)c1ncc[nH]1. The Morgan fingerprint density at radius 1 is 1.71 bits per heavy atom. The van der Waals surface area contributed by atoms with Gasteiger partial charge in [0.25, 0.3) is 0 Å². The number of nitrogens with one attached hydrogen (secondary N) is 2. The van der Waals surface area contributed by atoms with Crippen molar-refractivity contribution in [2.45, 2.75) is 44.7 Å². The summed E-state index contributed by atoms with van der Waals surface area (Å²) in [5.74, 6) is 1.01. The van der Waals surface area contributed by atoms with Gasteiger partial charge in [-0.2, -0.15) is 0 Å². The molecule has 0 aliphatic heterocycles. The highest BCUT2D eigenvalue weighted by Crippen LogP contribution is 2.25. The van der Waals surface area contributed by atoms with Gasteiger partial charge in [-0.05, 0) is 25.7 Å². The summed E-state index contributed by atoms with van der Waals surface area (Å²) in [6, 6.07) is 0.170. The molecule has 4 N–H and O–H groups in total.